The molecule has 4 bridgehead atoms. The predicted octanol–water partition coefficient (Wildman–Crippen LogP) is 11.8. The second kappa shape index (κ2) is 13.7. The Kier molecular flexibility index (Phi) is 9.02. The Morgan fingerprint density at radius 2 is 1.02 bits per heavy atom. The van der Waals surface area contributed by atoms with Crippen LogP contribution in [0.1, 0.15) is 44.9 Å². The standard InChI is InChI=1S/C45H41F3O5S2/c46-42(22-23-52-43(49)44-27-30-24-31(28-44)26-32(25-30)29-44)45(47,48)55(50,51)53-54(39-19-7-13-33-10-1-4-16-36(33)39,40-20-8-14-34-11-2-5-17-37(34)40)41-21-9-15-35-12-3-6-18-38(35)41/h1-21,30-32,42H,22-29H2. The second-order valence-corrected chi connectivity index (χ2v) is 20.1. The van der Waals surface area contributed by atoms with Gasteiger partial charge in [-0.05, 0) is 117 Å². The van der Waals surface area contributed by atoms with E-state index in [1.807, 2.05) is 72.8 Å². The number of hydrogen-bond acceptors (Lipinski definition) is 5. The maximum absolute atomic E-state index is 16.5. The van der Waals surface area contributed by atoms with Crippen LogP contribution < -0.4 is 0 Å². The lowest BCUT2D eigenvalue weighted by atomic mass is 9.49. The fourth-order valence-corrected chi connectivity index (χ4v) is 15.8. The number of esters is 1. The minimum absolute atomic E-state index is 0.373. The van der Waals surface area contributed by atoms with Crippen molar-refractivity contribution in [3.63, 3.8) is 0 Å². The molecule has 0 spiro atoms. The van der Waals surface area contributed by atoms with Gasteiger partial charge in [-0.1, -0.05) is 109 Å². The van der Waals surface area contributed by atoms with Gasteiger partial charge in [0.2, 0.25) is 0 Å². The molecule has 5 nitrogen and oxygen atoms in total. The number of fused-ring (bicyclic) bond motifs is 3. The van der Waals surface area contributed by atoms with Crippen LogP contribution in [0, 0.1) is 23.2 Å². The molecule has 10 heteroatoms. The van der Waals surface area contributed by atoms with E-state index in [0.29, 0.717) is 67.9 Å². The third-order valence-corrected chi connectivity index (χ3v) is 17.5. The Labute approximate surface area is 320 Å². The zero-order valence-electron chi connectivity index (χ0n) is 30.1. The van der Waals surface area contributed by atoms with Crippen molar-refractivity contribution in [1.82, 2.24) is 0 Å². The molecular weight excluding hydrogens is 742 g/mol. The first-order chi connectivity index (χ1) is 26.5. The monoisotopic (exact) mass is 782 g/mol. The quantitative estimate of drug-likeness (QED) is 0.122. The van der Waals surface area contributed by atoms with Crippen LogP contribution in [-0.2, 0) is 23.3 Å². The first-order valence-corrected chi connectivity index (χ1v) is 21.9. The molecular formula is C45H41F3O5S2. The lowest BCUT2D eigenvalue weighted by molar-refractivity contribution is -0.172. The highest BCUT2D eigenvalue weighted by atomic mass is 32.3. The van der Waals surface area contributed by atoms with Crippen LogP contribution >= 0.6 is 10.3 Å². The molecule has 0 amide bonds. The van der Waals surface area contributed by atoms with E-state index in [1.165, 1.54) is 0 Å². The highest BCUT2D eigenvalue weighted by Gasteiger charge is 2.59. The highest BCUT2D eigenvalue weighted by Crippen LogP contribution is 2.74. The summed E-state index contributed by atoms with van der Waals surface area (Å²) in [6.45, 7) is -0.666. The van der Waals surface area contributed by atoms with E-state index in [0.717, 1.165) is 35.4 Å². The summed E-state index contributed by atoms with van der Waals surface area (Å²) in [6, 6.07) is 37.9. The third kappa shape index (κ3) is 6.03. The molecule has 4 aliphatic rings. The number of halogens is 3. The fraction of sp³-hybridized carbons (Fsp3) is 0.311. The van der Waals surface area contributed by atoms with Gasteiger partial charge in [0, 0.05) is 21.1 Å². The van der Waals surface area contributed by atoms with Crippen LogP contribution in [0.5, 0.6) is 0 Å². The Balaban J connectivity index is 1.15. The van der Waals surface area contributed by atoms with Gasteiger partial charge in [-0.15, -0.1) is 0 Å². The van der Waals surface area contributed by atoms with Gasteiger partial charge in [0.25, 0.3) is 0 Å². The van der Waals surface area contributed by atoms with Crippen molar-refractivity contribution < 1.29 is 34.7 Å². The molecule has 4 fully saturated rings. The number of rotatable bonds is 11. The molecule has 0 heterocycles. The zero-order chi connectivity index (χ0) is 38.0. The van der Waals surface area contributed by atoms with E-state index in [1.54, 1.807) is 54.6 Å². The summed E-state index contributed by atoms with van der Waals surface area (Å²) in [6.07, 6.45) is 1.19. The van der Waals surface area contributed by atoms with E-state index < -0.39 is 56.3 Å². The molecule has 0 N–H and O–H groups in total. The van der Waals surface area contributed by atoms with E-state index >= 15 is 13.2 Å². The Bertz CT molecular complexity index is 2310. The molecule has 0 aromatic heterocycles. The van der Waals surface area contributed by atoms with Gasteiger partial charge >= 0.3 is 21.3 Å². The van der Waals surface area contributed by atoms with Gasteiger partial charge < -0.3 is 4.74 Å². The molecule has 6 aromatic rings. The summed E-state index contributed by atoms with van der Waals surface area (Å²) in [5.74, 6) is 0.875. The molecule has 6 aromatic carbocycles. The van der Waals surface area contributed by atoms with Crippen molar-refractivity contribution in [2.45, 2.75) is 71.1 Å². The maximum atomic E-state index is 16.5. The summed E-state index contributed by atoms with van der Waals surface area (Å²) >= 11 is 0. The first-order valence-electron chi connectivity index (χ1n) is 18.9. The minimum Gasteiger partial charge on any atom is -0.465 e. The predicted molar refractivity (Wildman–Crippen MR) is 210 cm³/mol. The molecule has 0 radical (unpaired) electrons. The maximum Gasteiger partial charge on any atom is 0.401 e. The molecule has 0 aliphatic heterocycles. The molecule has 0 saturated heterocycles. The van der Waals surface area contributed by atoms with Gasteiger partial charge in [0.1, 0.15) is 0 Å². The highest BCUT2D eigenvalue weighted by molar-refractivity contribution is 8.33. The number of carbonyl (C=O) groups is 1. The summed E-state index contributed by atoms with van der Waals surface area (Å²) in [5.41, 5.74) is -0.656. The summed E-state index contributed by atoms with van der Waals surface area (Å²) < 4.78 is 89.8. The van der Waals surface area contributed by atoms with Crippen molar-refractivity contribution in [2.24, 2.45) is 23.2 Å². The second-order valence-electron chi connectivity index (χ2n) is 15.7. The van der Waals surface area contributed by atoms with Crippen LogP contribution in [0.4, 0.5) is 13.2 Å². The summed E-state index contributed by atoms with van der Waals surface area (Å²) in [5, 5.41) is -0.954. The molecule has 4 saturated carbocycles. The Morgan fingerprint density at radius 3 is 1.44 bits per heavy atom. The SMILES string of the molecule is O=C(OCCC(F)C(F)(F)S(=O)(=O)OS(c1cccc2ccccc12)(c1cccc2ccccc12)c1cccc2ccccc12)C12CC3CC(CC(C3)C1)C2. The van der Waals surface area contributed by atoms with Crippen molar-refractivity contribution in [3.05, 3.63) is 127 Å². The van der Waals surface area contributed by atoms with Crippen LogP contribution in [-0.4, -0.2) is 32.4 Å². The summed E-state index contributed by atoms with van der Waals surface area (Å²) in [7, 11) is -9.73. The Morgan fingerprint density at radius 1 is 0.636 bits per heavy atom. The molecule has 10 rings (SSSR count). The zero-order valence-corrected chi connectivity index (χ0v) is 31.7. The van der Waals surface area contributed by atoms with Gasteiger partial charge in [0.05, 0.1) is 12.0 Å². The molecule has 1 unspecified atom stereocenters. The summed E-state index contributed by atoms with van der Waals surface area (Å²) in [4.78, 5) is 14.6. The van der Waals surface area contributed by atoms with Gasteiger partial charge in [-0.25, -0.2) is 8.02 Å². The third-order valence-electron chi connectivity index (χ3n) is 12.1. The van der Waals surface area contributed by atoms with Gasteiger partial charge in [-0.2, -0.15) is 17.2 Å². The van der Waals surface area contributed by atoms with E-state index in [2.05, 4.69) is 0 Å². The fourth-order valence-electron chi connectivity index (χ4n) is 10.1. The first kappa shape index (κ1) is 36.3. The van der Waals surface area contributed by atoms with Crippen LogP contribution in [0.2, 0.25) is 0 Å². The molecule has 284 valence electrons. The van der Waals surface area contributed by atoms with Crippen molar-refractivity contribution in [3.8, 4) is 0 Å². The topological polar surface area (TPSA) is 69.7 Å². The number of alkyl halides is 3. The van der Waals surface area contributed by atoms with Crippen molar-refractivity contribution in [2.75, 3.05) is 6.61 Å². The van der Waals surface area contributed by atoms with Crippen molar-refractivity contribution in [1.29, 1.82) is 0 Å². The molecule has 1 atom stereocenters. The van der Waals surface area contributed by atoms with E-state index in [-0.39, 0.29) is 0 Å². The lowest BCUT2D eigenvalue weighted by Gasteiger charge is -2.55. The molecule has 55 heavy (non-hydrogen) atoms. The van der Waals surface area contributed by atoms with Crippen LogP contribution in [0.15, 0.2) is 142 Å². The number of carbonyl (C=O) groups excluding carboxylic acids is 1. The smallest absolute Gasteiger partial charge is 0.401 e. The van der Waals surface area contributed by atoms with Crippen molar-refractivity contribution >= 4 is 58.7 Å². The van der Waals surface area contributed by atoms with Crippen LogP contribution in [0.25, 0.3) is 32.3 Å². The molecule has 4 aliphatic carbocycles. The Hall–Kier alpha value is -4.38. The average molecular weight is 783 g/mol. The van der Waals surface area contributed by atoms with Crippen LogP contribution in [0.3, 0.4) is 0 Å². The number of ether oxygens (including phenoxy) is 1. The van der Waals surface area contributed by atoms with Gasteiger partial charge in [0.15, 0.2) is 6.17 Å². The van der Waals surface area contributed by atoms with E-state index in [9.17, 15) is 13.2 Å². The van der Waals surface area contributed by atoms with E-state index in [4.69, 9.17) is 8.37 Å². The number of benzene rings is 6. The normalized spacial score (nSPS) is 23.3. The average Bonchev–Trinajstić information content (AvgIpc) is 3.18. The van der Waals surface area contributed by atoms with Gasteiger partial charge in [-0.3, -0.25) is 4.79 Å². The number of hydrogen-bond donors (Lipinski definition) is 0. The lowest BCUT2D eigenvalue weighted by Crippen LogP contribution is -2.50. The minimum atomic E-state index is -6.07. The largest absolute Gasteiger partial charge is 0.465 e.